The van der Waals surface area contributed by atoms with Crippen molar-refractivity contribution in [2.45, 2.75) is 33.6 Å². The van der Waals surface area contributed by atoms with Crippen molar-refractivity contribution in [3.05, 3.63) is 17.3 Å². The third-order valence-electron chi connectivity index (χ3n) is 3.28. The first-order valence-electron chi connectivity index (χ1n) is 8.34. The summed E-state index contributed by atoms with van der Waals surface area (Å²) >= 11 is 0. The monoisotopic (exact) mass is 368 g/mol. The fourth-order valence-electron chi connectivity index (χ4n) is 2.19. The van der Waals surface area contributed by atoms with Crippen LogP contribution in [0.25, 0.3) is 0 Å². The molecule has 1 N–H and O–H groups in total. The molecule has 0 saturated carbocycles. The number of esters is 3. The van der Waals surface area contributed by atoms with E-state index in [2.05, 4.69) is 5.32 Å². The lowest BCUT2D eigenvalue weighted by molar-refractivity contribution is -0.144. The summed E-state index contributed by atoms with van der Waals surface area (Å²) in [5.41, 5.74) is -0.0919. The van der Waals surface area contributed by atoms with Gasteiger partial charge in [0.2, 0.25) is 5.91 Å². The molecule has 0 bridgehead atoms. The van der Waals surface area contributed by atoms with Crippen LogP contribution >= 0.6 is 0 Å². The van der Waals surface area contributed by atoms with Crippen molar-refractivity contribution in [3.63, 3.8) is 0 Å². The molecule has 0 fully saturated rings. The largest absolute Gasteiger partial charge is 0.466 e. The Kier molecular flexibility index (Phi) is 8.33. The van der Waals surface area contributed by atoms with Gasteiger partial charge in [-0.05, 0) is 20.8 Å². The zero-order valence-corrected chi connectivity index (χ0v) is 15.4. The molecule has 0 unspecified atom stereocenters. The second-order valence-electron chi connectivity index (χ2n) is 5.17. The van der Waals surface area contributed by atoms with Gasteiger partial charge >= 0.3 is 17.9 Å². The highest BCUT2D eigenvalue weighted by atomic mass is 16.5. The molecule has 1 aromatic heterocycles. The van der Waals surface area contributed by atoms with Crippen LogP contribution in [0.4, 0.5) is 5.82 Å². The average molecular weight is 368 g/mol. The summed E-state index contributed by atoms with van der Waals surface area (Å²) in [5, 5.41) is 2.54. The van der Waals surface area contributed by atoms with Crippen LogP contribution in [-0.4, -0.2) is 48.2 Å². The minimum absolute atomic E-state index is 0.00603. The molecule has 0 atom stereocenters. The Balaban J connectivity index is 3.05. The van der Waals surface area contributed by atoms with E-state index >= 15 is 0 Å². The number of anilines is 1. The van der Waals surface area contributed by atoms with Crippen molar-refractivity contribution in [3.8, 4) is 0 Å². The van der Waals surface area contributed by atoms with E-state index in [1.54, 1.807) is 27.8 Å². The van der Waals surface area contributed by atoms with Crippen LogP contribution in [0.1, 0.15) is 54.3 Å². The average Bonchev–Trinajstić information content (AvgIpc) is 2.90. The quantitative estimate of drug-likeness (QED) is 0.521. The summed E-state index contributed by atoms with van der Waals surface area (Å²) in [4.78, 5) is 47.8. The van der Waals surface area contributed by atoms with Crippen molar-refractivity contribution in [2.24, 2.45) is 7.05 Å². The third-order valence-corrected chi connectivity index (χ3v) is 3.28. The molecule has 9 heteroatoms. The molecule has 0 saturated heterocycles. The SMILES string of the molecule is CCOC(=O)CCC(=O)Nc1c(C(=O)OCC)c(C(=O)OCC)cn1C. The number of amides is 1. The van der Waals surface area contributed by atoms with E-state index in [0.717, 1.165) is 0 Å². The smallest absolute Gasteiger partial charge is 0.342 e. The molecular weight excluding hydrogens is 344 g/mol. The van der Waals surface area contributed by atoms with Crippen molar-refractivity contribution >= 4 is 29.6 Å². The Hall–Kier alpha value is -2.84. The second kappa shape index (κ2) is 10.2. The predicted molar refractivity (Wildman–Crippen MR) is 91.8 cm³/mol. The summed E-state index contributed by atoms with van der Waals surface area (Å²) in [6, 6.07) is 0. The summed E-state index contributed by atoms with van der Waals surface area (Å²) in [6.07, 6.45) is 1.16. The van der Waals surface area contributed by atoms with Crippen LogP contribution in [0.15, 0.2) is 6.20 Å². The number of ether oxygens (including phenoxy) is 3. The molecule has 9 nitrogen and oxygen atoms in total. The zero-order valence-electron chi connectivity index (χ0n) is 15.4. The number of nitrogens with one attached hydrogen (secondary N) is 1. The highest BCUT2D eigenvalue weighted by molar-refractivity contribution is 6.09. The van der Waals surface area contributed by atoms with E-state index in [4.69, 9.17) is 14.2 Å². The van der Waals surface area contributed by atoms with Gasteiger partial charge in [-0.3, -0.25) is 9.59 Å². The summed E-state index contributed by atoms with van der Waals surface area (Å²) in [6.45, 7) is 5.41. The lowest BCUT2D eigenvalue weighted by Crippen LogP contribution is -2.19. The molecule has 1 amide bonds. The molecule has 1 rings (SSSR count). The van der Waals surface area contributed by atoms with E-state index in [1.165, 1.54) is 10.8 Å². The van der Waals surface area contributed by atoms with E-state index < -0.39 is 23.8 Å². The lowest BCUT2D eigenvalue weighted by Gasteiger charge is -2.10. The second-order valence-corrected chi connectivity index (χ2v) is 5.17. The number of carbonyl (C=O) groups excluding carboxylic acids is 4. The van der Waals surface area contributed by atoms with Crippen LogP contribution in [-0.2, 0) is 30.8 Å². The van der Waals surface area contributed by atoms with Crippen molar-refractivity contribution < 1.29 is 33.4 Å². The van der Waals surface area contributed by atoms with Crippen LogP contribution in [0.2, 0.25) is 0 Å². The van der Waals surface area contributed by atoms with E-state index in [1.807, 2.05) is 0 Å². The maximum Gasteiger partial charge on any atom is 0.342 e. The number of hydrogen-bond acceptors (Lipinski definition) is 7. The maximum atomic E-state index is 12.3. The normalized spacial score (nSPS) is 10.2. The molecule has 0 aromatic carbocycles. The van der Waals surface area contributed by atoms with Gasteiger partial charge in [0.05, 0.1) is 31.8 Å². The van der Waals surface area contributed by atoms with Gasteiger partial charge in [-0.2, -0.15) is 0 Å². The predicted octanol–water partition coefficient (Wildman–Crippen LogP) is 1.66. The van der Waals surface area contributed by atoms with Crippen LogP contribution in [0, 0.1) is 0 Å². The maximum absolute atomic E-state index is 12.3. The molecule has 144 valence electrons. The van der Waals surface area contributed by atoms with Gasteiger partial charge < -0.3 is 24.1 Å². The van der Waals surface area contributed by atoms with Gasteiger partial charge in [0.25, 0.3) is 0 Å². The van der Waals surface area contributed by atoms with Gasteiger partial charge in [-0.15, -0.1) is 0 Å². The molecule has 1 aromatic rings. The minimum Gasteiger partial charge on any atom is -0.466 e. The standard InChI is InChI=1S/C17H24N2O7/c1-5-24-13(21)9-8-12(20)18-15-14(17(23)26-7-3)11(10-19(15)4)16(22)25-6-2/h10H,5-9H2,1-4H3,(H,18,20). The first-order chi connectivity index (χ1) is 12.3. The molecule has 26 heavy (non-hydrogen) atoms. The van der Waals surface area contributed by atoms with Gasteiger partial charge in [0.1, 0.15) is 11.4 Å². The molecule has 0 spiro atoms. The van der Waals surface area contributed by atoms with Crippen LogP contribution < -0.4 is 5.32 Å². The first kappa shape index (κ1) is 21.2. The first-order valence-corrected chi connectivity index (χ1v) is 8.34. The number of aromatic nitrogens is 1. The summed E-state index contributed by atoms with van der Waals surface area (Å²) in [7, 11) is 1.56. The highest BCUT2D eigenvalue weighted by Gasteiger charge is 2.28. The molecule has 0 radical (unpaired) electrons. The van der Waals surface area contributed by atoms with Gasteiger partial charge in [0.15, 0.2) is 0 Å². The zero-order chi connectivity index (χ0) is 19.7. The molecule has 0 aliphatic carbocycles. The molecular formula is C17H24N2O7. The minimum atomic E-state index is -0.753. The van der Waals surface area contributed by atoms with Gasteiger partial charge in [-0.25, -0.2) is 9.59 Å². The fraction of sp³-hybridized carbons (Fsp3) is 0.529. The topological polar surface area (TPSA) is 113 Å². The van der Waals surface area contributed by atoms with Gasteiger partial charge in [0, 0.05) is 19.7 Å². The number of aryl methyl sites for hydroxylation is 1. The Morgan fingerprint density at radius 1 is 0.923 bits per heavy atom. The molecule has 0 aliphatic heterocycles. The number of rotatable bonds is 9. The van der Waals surface area contributed by atoms with Crippen molar-refractivity contribution in [1.29, 1.82) is 0 Å². The van der Waals surface area contributed by atoms with Crippen molar-refractivity contribution in [1.82, 2.24) is 4.57 Å². The fourth-order valence-corrected chi connectivity index (χ4v) is 2.19. The highest BCUT2D eigenvalue weighted by Crippen LogP contribution is 2.24. The Labute approximate surface area is 151 Å². The Bertz CT molecular complexity index is 679. The van der Waals surface area contributed by atoms with Crippen LogP contribution in [0.3, 0.4) is 0 Å². The number of hydrogen-bond donors (Lipinski definition) is 1. The Morgan fingerprint density at radius 3 is 2.08 bits per heavy atom. The van der Waals surface area contributed by atoms with Crippen molar-refractivity contribution in [2.75, 3.05) is 25.1 Å². The van der Waals surface area contributed by atoms with E-state index in [-0.39, 0.29) is 49.6 Å². The molecule has 0 aliphatic rings. The van der Waals surface area contributed by atoms with Crippen LogP contribution in [0.5, 0.6) is 0 Å². The molecule has 1 heterocycles. The lowest BCUT2D eigenvalue weighted by atomic mass is 10.2. The number of nitrogens with zero attached hydrogens (tertiary/aromatic N) is 1. The summed E-state index contributed by atoms with van der Waals surface area (Å²) < 4.78 is 16.1. The number of carbonyl (C=O) groups is 4. The van der Waals surface area contributed by atoms with E-state index in [0.29, 0.717) is 0 Å². The van der Waals surface area contributed by atoms with E-state index in [9.17, 15) is 19.2 Å². The third kappa shape index (κ3) is 5.61. The Morgan fingerprint density at radius 2 is 1.50 bits per heavy atom. The van der Waals surface area contributed by atoms with Gasteiger partial charge in [-0.1, -0.05) is 0 Å². The summed E-state index contributed by atoms with van der Waals surface area (Å²) in [5.74, 6) is -2.34.